The molecule has 0 aliphatic rings. The molecule has 0 aromatic carbocycles. The summed E-state index contributed by atoms with van der Waals surface area (Å²) in [6.45, 7) is 0. The molecule has 0 fully saturated rings. The lowest BCUT2D eigenvalue weighted by Crippen LogP contribution is -1.96. The first-order valence-electron chi connectivity index (χ1n) is 2.36. The molecule has 9 heavy (non-hydrogen) atoms. The topological polar surface area (TPSA) is 0 Å². The zero-order valence-corrected chi connectivity index (χ0v) is 7.75. The fraction of sp³-hybridized carbons (Fsp3) is 0.600. The molecule has 0 N–H and O–H groups in total. The van der Waals surface area contributed by atoms with Crippen LogP contribution in [0, 0.1) is 0 Å². The Kier molecular flexibility index (Phi) is 4.66. The predicted octanol–water partition coefficient (Wildman–Crippen LogP) is 3.32. The lowest BCUT2D eigenvalue weighted by molar-refractivity contribution is 0.171. The fourth-order valence-corrected chi connectivity index (χ4v) is 0.731. The number of hydrogen-bond acceptors (Lipinski definition) is 0. The van der Waals surface area contributed by atoms with E-state index >= 15 is 0 Å². The summed E-state index contributed by atoms with van der Waals surface area (Å²) < 4.78 is 23.7. The Morgan fingerprint density at radius 3 is 2.33 bits per heavy atom. The molecule has 0 aliphatic heterocycles. The third kappa shape index (κ3) is 8.56. The van der Waals surface area contributed by atoms with E-state index in [1.165, 1.54) is 6.08 Å². The molecule has 0 rings (SSSR count). The van der Waals surface area contributed by atoms with Crippen molar-refractivity contribution in [2.45, 2.75) is 11.3 Å². The van der Waals surface area contributed by atoms with E-state index in [1.807, 2.05) is 0 Å². The molecular formula is C5H6Br2F2. The minimum absolute atomic E-state index is 0.626. The van der Waals surface area contributed by atoms with Crippen LogP contribution < -0.4 is 0 Å². The van der Waals surface area contributed by atoms with Gasteiger partial charge in [-0.15, -0.1) is 0 Å². The highest BCUT2D eigenvalue weighted by Gasteiger charge is 2.17. The number of rotatable bonds is 3. The molecule has 0 amide bonds. The summed E-state index contributed by atoms with van der Waals surface area (Å²) in [4.78, 5) is -2.84. The second-order valence-electron chi connectivity index (χ2n) is 1.42. The van der Waals surface area contributed by atoms with Crippen LogP contribution in [-0.2, 0) is 0 Å². The van der Waals surface area contributed by atoms with E-state index in [1.54, 1.807) is 0 Å². The highest BCUT2D eigenvalue weighted by Crippen LogP contribution is 2.22. The van der Waals surface area contributed by atoms with Gasteiger partial charge in [0.05, 0.1) is 0 Å². The quantitative estimate of drug-likeness (QED) is 0.541. The van der Waals surface area contributed by atoms with Gasteiger partial charge in [-0.05, 0) is 28.4 Å². The van der Waals surface area contributed by atoms with Crippen molar-refractivity contribution in [2.24, 2.45) is 0 Å². The Hall–Kier alpha value is 0.560. The second kappa shape index (κ2) is 4.39. The summed E-state index contributed by atoms with van der Waals surface area (Å²) in [5.41, 5.74) is 0. The Morgan fingerprint density at radius 1 is 1.44 bits per heavy atom. The lowest BCUT2D eigenvalue weighted by atomic mass is 10.4. The zero-order valence-electron chi connectivity index (χ0n) is 4.58. The van der Waals surface area contributed by atoms with Crippen LogP contribution in [0.5, 0.6) is 0 Å². The van der Waals surface area contributed by atoms with Gasteiger partial charge in [0.15, 0.2) is 0 Å². The summed E-state index contributed by atoms with van der Waals surface area (Å²) in [6.07, 6.45) is 2.87. The highest BCUT2D eigenvalue weighted by atomic mass is 79.9. The van der Waals surface area contributed by atoms with Crippen LogP contribution in [0.2, 0.25) is 0 Å². The smallest absolute Gasteiger partial charge is 0.189 e. The molecule has 0 aliphatic carbocycles. The molecular weight excluding hydrogens is 258 g/mol. The third-order valence-electron chi connectivity index (χ3n) is 0.583. The van der Waals surface area contributed by atoms with Crippen molar-refractivity contribution in [2.75, 3.05) is 5.33 Å². The van der Waals surface area contributed by atoms with E-state index in [0.717, 1.165) is 6.08 Å². The van der Waals surface area contributed by atoms with Gasteiger partial charge in [0.2, 0.25) is 0 Å². The third-order valence-corrected chi connectivity index (χ3v) is 1.30. The van der Waals surface area contributed by atoms with Gasteiger partial charge >= 0.3 is 4.83 Å². The van der Waals surface area contributed by atoms with E-state index < -0.39 is 4.83 Å². The minimum atomic E-state index is -2.84. The van der Waals surface area contributed by atoms with Gasteiger partial charge < -0.3 is 0 Å². The summed E-state index contributed by atoms with van der Waals surface area (Å²) in [5, 5.41) is 0.715. The standard InChI is InChI=1S/C5H6Br2F2/c6-4-2-1-3-5(7,8)9/h1,3H,2,4H2/b3-1+. The number of hydrogen-bond donors (Lipinski definition) is 0. The van der Waals surface area contributed by atoms with Gasteiger partial charge in [-0.2, -0.15) is 8.78 Å². The lowest BCUT2D eigenvalue weighted by Gasteiger charge is -1.97. The van der Waals surface area contributed by atoms with Crippen LogP contribution >= 0.6 is 31.9 Å². The van der Waals surface area contributed by atoms with Crippen molar-refractivity contribution in [3.63, 3.8) is 0 Å². The Labute approximate surface area is 69.6 Å². The van der Waals surface area contributed by atoms with Crippen LogP contribution in [0.4, 0.5) is 8.78 Å². The van der Waals surface area contributed by atoms with E-state index in [0.29, 0.717) is 11.8 Å². The van der Waals surface area contributed by atoms with Gasteiger partial charge in [-0.3, -0.25) is 0 Å². The van der Waals surface area contributed by atoms with E-state index in [-0.39, 0.29) is 0 Å². The van der Waals surface area contributed by atoms with Gasteiger partial charge in [-0.1, -0.05) is 22.0 Å². The van der Waals surface area contributed by atoms with Gasteiger partial charge in [-0.25, -0.2) is 0 Å². The fourth-order valence-electron chi connectivity index (χ4n) is 0.280. The van der Waals surface area contributed by atoms with E-state index in [4.69, 9.17) is 0 Å². The van der Waals surface area contributed by atoms with Crippen molar-refractivity contribution >= 4 is 31.9 Å². The predicted molar refractivity (Wildman–Crippen MR) is 41.4 cm³/mol. The first-order valence-corrected chi connectivity index (χ1v) is 4.28. The molecule has 0 aromatic rings. The number of alkyl halides is 4. The summed E-state index contributed by atoms with van der Waals surface area (Å²) in [5.74, 6) is 0. The zero-order chi connectivity index (χ0) is 7.33. The monoisotopic (exact) mass is 262 g/mol. The van der Waals surface area contributed by atoms with Crippen LogP contribution in [0.25, 0.3) is 0 Å². The summed E-state index contributed by atoms with van der Waals surface area (Å²) in [6, 6.07) is 0. The maximum atomic E-state index is 11.9. The molecule has 0 nitrogen and oxygen atoms in total. The summed E-state index contributed by atoms with van der Waals surface area (Å²) >= 11 is 5.28. The molecule has 0 saturated heterocycles. The van der Waals surface area contributed by atoms with Gasteiger partial charge in [0.1, 0.15) is 0 Å². The van der Waals surface area contributed by atoms with E-state index in [9.17, 15) is 8.78 Å². The molecule has 0 spiro atoms. The van der Waals surface area contributed by atoms with Crippen molar-refractivity contribution in [3.8, 4) is 0 Å². The number of halogens is 4. The normalized spacial score (nSPS) is 12.9. The molecule has 0 aromatic heterocycles. The van der Waals surface area contributed by atoms with Gasteiger partial charge in [0.25, 0.3) is 0 Å². The van der Waals surface area contributed by atoms with Crippen molar-refractivity contribution in [1.29, 1.82) is 0 Å². The maximum absolute atomic E-state index is 11.9. The highest BCUT2D eigenvalue weighted by molar-refractivity contribution is 9.10. The van der Waals surface area contributed by atoms with Crippen LogP contribution in [0.3, 0.4) is 0 Å². The SMILES string of the molecule is FC(F)(Br)/C=C/CCBr. The van der Waals surface area contributed by atoms with Crippen LogP contribution in [0.15, 0.2) is 12.2 Å². The molecule has 0 bridgehead atoms. The van der Waals surface area contributed by atoms with Crippen molar-refractivity contribution in [1.82, 2.24) is 0 Å². The Bertz CT molecular complexity index is 95.6. The minimum Gasteiger partial charge on any atom is -0.189 e. The molecule has 0 radical (unpaired) electrons. The molecule has 0 atom stereocenters. The molecule has 0 heterocycles. The van der Waals surface area contributed by atoms with Crippen LogP contribution in [0.1, 0.15) is 6.42 Å². The first-order chi connectivity index (χ1) is 4.06. The largest absolute Gasteiger partial charge is 0.319 e. The maximum Gasteiger partial charge on any atom is 0.319 e. The molecule has 4 heteroatoms. The van der Waals surface area contributed by atoms with Crippen molar-refractivity contribution < 1.29 is 8.78 Å². The number of allylic oxidation sites excluding steroid dienone is 2. The summed E-state index contributed by atoms with van der Waals surface area (Å²) in [7, 11) is 0. The van der Waals surface area contributed by atoms with Gasteiger partial charge in [0, 0.05) is 5.33 Å². The Morgan fingerprint density at radius 2 is 2.00 bits per heavy atom. The van der Waals surface area contributed by atoms with E-state index in [2.05, 4.69) is 31.9 Å². The first kappa shape index (κ1) is 9.56. The molecule has 54 valence electrons. The molecule has 0 unspecified atom stereocenters. The Balaban J connectivity index is 3.45. The second-order valence-corrected chi connectivity index (χ2v) is 3.27. The van der Waals surface area contributed by atoms with Crippen molar-refractivity contribution in [3.05, 3.63) is 12.2 Å². The average Bonchev–Trinajstić information content (AvgIpc) is 1.63. The van der Waals surface area contributed by atoms with Crippen LogP contribution in [-0.4, -0.2) is 10.2 Å². The molecule has 0 saturated carbocycles. The average molecular weight is 264 g/mol.